The Hall–Kier alpha value is -4.15. The van der Waals surface area contributed by atoms with E-state index in [0.29, 0.717) is 17.1 Å². The van der Waals surface area contributed by atoms with Gasteiger partial charge in [0.15, 0.2) is 11.4 Å². The molecule has 8 nitrogen and oxygen atoms in total. The summed E-state index contributed by atoms with van der Waals surface area (Å²) in [6.45, 7) is 5.27. The first-order valence-electron chi connectivity index (χ1n) is 13.2. The first-order chi connectivity index (χ1) is 19.3. The van der Waals surface area contributed by atoms with E-state index in [1.807, 2.05) is 0 Å². The number of rotatable bonds is 10. The van der Waals surface area contributed by atoms with Crippen LogP contribution in [0.15, 0.2) is 48.7 Å². The maximum absolute atomic E-state index is 13.5. The first-order valence-corrected chi connectivity index (χ1v) is 13.2. The third kappa shape index (κ3) is 7.14. The van der Waals surface area contributed by atoms with E-state index in [1.165, 1.54) is 30.2 Å². The summed E-state index contributed by atoms with van der Waals surface area (Å²) in [4.78, 5) is 36.4. The number of alkyl halides is 3. The summed E-state index contributed by atoms with van der Waals surface area (Å²) in [7, 11) is 3.11. The molecule has 0 bridgehead atoms. The molecule has 0 saturated heterocycles. The summed E-state index contributed by atoms with van der Waals surface area (Å²) in [5.74, 6) is 0.309. The van der Waals surface area contributed by atoms with Crippen LogP contribution in [-0.4, -0.2) is 53.1 Å². The molecule has 3 aromatic rings. The molecule has 2 aromatic carbocycles. The topological polar surface area (TPSA) is 90.9 Å². The van der Waals surface area contributed by atoms with Crippen LogP contribution >= 0.6 is 0 Å². The average molecular weight is 572 g/mol. The number of hydrogen-bond acceptors (Lipinski definition) is 7. The Morgan fingerprint density at radius 3 is 2.29 bits per heavy atom. The summed E-state index contributed by atoms with van der Waals surface area (Å²) < 4.78 is 55.2. The zero-order valence-electron chi connectivity index (χ0n) is 23.5. The minimum Gasteiger partial charge on any atom is -0.497 e. The van der Waals surface area contributed by atoms with Gasteiger partial charge in [0.05, 0.1) is 25.0 Å². The summed E-state index contributed by atoms with van der Waals surface area (Å²) in [5, 5.41) is 0. The summed E-state index contributed by atoms with van der Waals surface area (Å²) in [6.07, 6.45) is -0.937. The number of hydrogen-bond donors (Lipinski definition) is 0. The van der Waals surface area contributed by atoms with Crippen molar-refractivity contribution in [2.75, 3.05) is 20.8 Å². The molecular weight excluding hydrogens is 539 g/mol. The highest BCUT2D eigenvalue weighted by Crippen LogP contribution is 2.41. The Kier molecular flexibility index (Phi) is 8.55. The summed E-state index contributed by atoms with van der Waals surface area (Å²) >= 11 is 0. The predicted octanol–water partition coefficient (Wildman–Crippen LogP) is 6.04. The van der Waals surface area contributed by atoms with Crippen molar-refractivity contribution in [3.05, 3.63) is 71.0 Å². The fraction of sp³-hybridized carbons (Fsp3) is 0.400. The highest BCUT2D eigenvalue weighted by Gasteiger charge is 2.33. The minimum absolute atomic E-state index is 0.201. The van der Waals surface area contributed by atoms with Crippen molar-refractivity contribution < 1.29 is 37.0 Å². The molecule has 0 N–H and O–H groups in total. The molecule has 1 aliphatic rings. The number of nitrogens with zero attached hydrogens (tertiary/aromatic N) is 3. The lowest BCUT2D eigenvalue weighted by Gasteiger charge is -2.25. The fourth-order valence-electron chi connectivity index (χ4n) is 4.26. The molecular formula is C30H32F3N3O5. The zero-order chi connectivity index (χ0) is 29.9. The molecule has 1 saturated carbocycles. The van der Waals surface area contributed by atoms with E-state index in [1.54, 1.807) is 46.1 Å². The molecule has 1 aromatic heterocycles. The molecule has 11 heteroatoms. The van der Waals surface area contributed by atoms with Crippen molar-refractivity contribution in [1.29, 1.82) is 0 Å². The van der Waals surface area contributed by atoms with Gasteiger partial charge in [-0.1, -0.05) is 12.1 Å². The minimum atomic E-state index is -4.42. The third-order valence-electron chi connectivity index (χ3n) is 6.59. The van der Waals surface area contributed by atoms with Crippen molar-refractivity contribution in [3.8, 4) is 22.9 Å². The molecule has 0 radical (unpaired) electrons. The molecule has 1 aliphatic carbocycles. The van der Waals surface area contributed by atoms with Crippen molar-refractivity contribution >= 4 is 11.9 Å². The quantitative estimate of drug-likeness (QED) is 0.274. The van der Waals surface area contributed by atoms with Crippen molar-refractivity contribution in [2.45, 2.75) is 57.9 Å². The smallest absolute Gasteiger partial charge is 0.416 e. The number of benzene rings is 2. The van der Waals surface area contributed by atoms with E-state index in [-0.39, 0.29) is 36.3 Å². The number of methoxy groups -OCH3 is 1. The lowest BCUT2D eigenvalue weighted by molar-refractivity contribution is -0.158. The van der Waals surface area contributed by atoms with Crippen LogP contribution < -0.4 is 9.47 Å². The van der Waals surface area contributed by atoms with Crippen LogP contribution in [0.2, 0.25) is 0 Å². The number of carbonyl (C=O) groups excluding carboxylic acids is 2. The molecule has 1 amide bonds. The van der Waals surface area contributed by atoms with Crippen LogP contribution in [0.4, 0.5) is 13.2 Å². The van der Waals surface area contributed by atoms with Gasteiger partial charge in [0.2, 0.25) is 0 Å². The van der Waals surface area contributed by atoms with E-state index in [9.17, 15) is 22.8 Å². The molecule has 1 fully saturated rings. The van der Waals surface area contributed by atoms with Gasteiger partial charge >= 0.3 is 12.1 Å². The lowest BCUT2D eigenvalue weighted by atomic mass is 10.1. The summed E-state index contributed by atoms with van der Waals surface area (Å²) in [6, 6.07) is 9.43. The van der Waals surface area contributed by atoms with Gasteiger partial charge in [0.1, 0.15) is 11.5 Å². The Morgan fingerprint density at radius 1 is 1.05 bits per heavy atom. The van der Waals surface area contributed by atoms with E-state index in [0.717, 1.165) is 36.2 Å². The maximum atomic E-state index is 13.5. The second kappa shape index (κ2) is 11.8. The first kappa shape index (κ1) is 29.8. The molecule has 41 heavy (non-hydrogen) atoms. The Balaban J connectivity index is 1.55. The van der Waals surface area contributed by atoms with E-state index < -0.39 is 23.3 Å². The van der Waals surface area contributed by atoms with E-state index >= 15 is 0 Å². The van der Waals surface area contributed by atoms with Gasteiger partial charge in [0, 0.05) is 48.5 Å². The molecule has 0 unspecified atom stereocenters. The lowest BCUT2D eigenvalue weighted by Crippen LogP contribution is -2.39. The molecule has 0 aliphatic heterocycles. The van der Waals surface area contributed by atoms with Crippen molar-refractivity contribution in [1.82, 2.24) is 14.9 Å². The number of amides is 1. The Labute approximate surface area is 236 Å². The average Bonchev–Trinajstić information content (AvgIpc) is 3.77. The second-order valence-electron chi connectivity index (χ2n) is 10.3. The third-order valence-corrected chi connectivity index (χ3v) is 6.59. The van der Waals surface area contributed by atoms with Gasteiger partial charge in [-0.3, -0.25) is 4.79 Å². The van der Waals surface area contributed by atoms with Crippen LogP contribution in [0, 0.1) is 0 Å². The second-order valence-corrected chi connectivity index (χ2v) is 10.3. The summed E-state index contributed by atoms with van der Waals surface area (Å²) in [5.41, 5.74) is 0.264. The van der Waals surface area contributed by atoms with Crippen LogP contribution in [-0.2, 0) is 22.3 Å². The standard InChI is InChI=1S/C30H32F3N3O5/c1-6-40-28(38)29(2,3)41-24-14-20(13-23(15-24)39-5)27(37)36(4)17-21-16-34-26(35-25(21)18-7-8-18)19-9-11-22(12-10-19)30(31,32)33/h9-16,18H,6-8,17H2,1-5H3. The fourth-order valence-corrected chi connectivity index (χ4v) is 4.26. The molecule has 4 rings (SSSR count). The van der Waals surface area contributed by atoms with Crippen LogP contribution in [0.5, 0.6) is 11.5 Å². The molecule has 218 valence electrons. The molecule has 1 heterocycles. The van der Waals surface area contributed by atoms with Gasteiger partial charge in [-0.15, -0.1) is 0 Å². The number of aromatic nitrogens is 2. The normalized spacial score (nSPS) is 13.5. The number of ether oxygens (including phenoxy) is 3. The largest absolute Gasteiger partial charge is 0.497 e. The van der Waals surface area contributed by atoms with Gasteiger partial charge < -0.3 is 19.1 Å². The van der Waals surface area contributed by atoms with Gasteiger partial charge in [0.25, 0.3) is 5.91 Å². The SMILES string of the molecule is CCOC(=O)C(C)(C)Oc1cc(OC)cc(C(=O)N(C)Cc2cnc(-c3ccc(C(F)(F)F)cc3)nc2C2CC2)c1. The maximum Gasteiger partial charge on any atom is 0.416 e. The highest BCUT2D eigenvalue weighted by molar-refractivity contribution is 5.95. The van der Waals surface area contributed by atoms with Crippen LogP contribution in [0.1, 0.15) is 66.7 Å². The molecule has 0 spiro atoms. The monoisotopic (exact) mass is 571 g/mol. The molecule has 0 atom stereocenters. The number of carbonyl (C=O) groups is 2. The highest BCUT2D eigenvalue weighted by atomic mass is 19.4. The van der Waals surface area contributed by atoms with Crippen molar-refractivity contribution in [2.24, 2.45) is 0 Å². The van der Waals surface area contributed by atoms with Crippen LogP contribution in [0.3, 0.4) is 0 Å². The van der Waals surface area contributed by atoms with Gasteiger partial charge in [-0.05, 0) is 57.9 Å². The Morgan fingerprint density at radius 2 is 1.71 bits per heavy atom. The van der Waals surface area contributed by atoms with E-state index in [4.69, 9.17) is 14.2 Å². The van der Waals surface area contributed by atoms with Gasteiger partial charge in [-0.2, -0.15) is 13.2 Å². The number of halogens is 3. The predicted molar refractivity (Wildman–Crippen MR) is 145 cm³/mol. The van der Waals surface area contributed by atoms with Crippen molar-refractivity contribution in [3.63, 3.8) is 0 Å². The van der Waals surface area contributed by atoms with Gasteiger partial charge in [-0.25, -0.2) is 14.8 Å². The zero-order valence-corrected chi connectivity index (χ0v) is 23.5. The Bertz CT molecular complexity index is 1420. The van der Waals surface area contributed by atoms with Crippen LogP contribution in [0.25, 0.3) is 11.4 Å². The van der Waals surface area contributed by atoms with E-state index in [2.05, 4.69) is 9.97 Å². The number of esters is 1.